The minimum absolute atomic E-state index is 0.0656. The molecule has 0 spiro atoms. The van der Waals surface area contributed by atoms with Gasteiger partial charge in [-0.05, 0) is 12.1 Å². The molecule has 0 aliphatic carbocycles. The third kappa shape index (κ3) is 2.54. The van der Waals surface area contributed by atoms with Gasteiger partial charge in [-0.2, -0.15) is 0 Å². The smallest absolute Gasteiger partial charge is 0.208 e. The predicted molar refractivity (Wildman–Crippen MR) is 47.9 cm³/mol. The SMILES string of the molecule is [B]c1ccc(S(F)(F)(F)(F)Cl)cc1F. The van der Waals surface area contributed by atoms with Crippen LogP contribution in [0.15, 0.2) is 23.1 Å². The number of rotatable bonds is 1. The van der Waals surface area contributed by atoms with Crippen molar-refractivity contribution in [3.63, 3.8) is 0 Å². The van der Waals surface area contributed by atoms with Crippen LogP contribution in [0, 0.1) is 5.82 Å². The maximum absolute atomic E-state index is 12.6. The van der Waals surface area contributed by atoms with Crippen molar-refractivity contribution < 1.29 is 19.9 Å². The largest absolute Gasteiger partial charge is 0.253 e. The lowest BCUT2D eigenvalue weighted by Gasteiger charge is -2.42. The molecular formula is C6H3BClF5S. The highest BCUT2D eigenvalue weighted by Crippen LogP contribution is 3.04. The van der Waals surface area contributed by atoms with E-state index in [9.17, 15) is 19.9 Å². The van der Waals surface area contributed by atoms with E-state index in [1.54, 1.807) is 0 Å². The fraction of sp³-hybridized carbons (Fsp3) is 0. The molecule has 8 heteroatoms. The summed E-state index contributed by atoms with van der Waals surface area (Å²) in [6.07, 6.45) is 0. The van der Waals surface area contributed by atoms with Gasteiger partial charge in [-0.3, -0.25) is 0 Å². The zero-order valence-corrected chi connectivity index (χ0v) is 8.06. The van der Waals surface area contributed by atoms with Crippen LogP contribution in [0.25, 0.3) is 0 Å². The summed E-state index contributed by atoms with van der Waals surface area (Å²) in [6.45, 7) is 0. The summed E-state index contributed by atoms with van der Waals surface area (Å²) in [7, 11) is 0.0511. The molecule has 1 aromatic carbocycles. The molecule has 2 radical (unpaired) electrons. The second kappa shape index (κ2) is 2.39. The van der Waals surface area contributed by atoms with Crippen molar-refractivity contribution in [3.8, 4) is 0 Å². The average Bonchev–Trinajstić information content (AvgIpc) is 1.89. The maximum atomic E-state index is 12.6. The van der Waals surface area contributed by atoms with Gasteiger partial charge < -0.3 is 0 Å². The minimum Gasteiger partial charge on any atom is -0.208 e. The van der Waals surface area contributed by atoms with Gasteiger partial charge in [-0.15, -0.1) is 15.5 Å². The molecule has 0 saturated carbocycles. The van der Waals surface area contributed by atoms with E-state index in [1.807, 2.05) is 0 Å². The Bertz CT molecular complexity index is 386. The van der Waals surface area contributed by atoms with Crippen LogP contribution < -0.4 is 5.46 Å². The molecule has 14 heavy (non-hydrogen) atoms. The second-order valence-corrected chi connectivity index (χ2v) is 6.92. The normalized spacial score (nSPS) is 17.3. The molecule has 0 saturated heterocycles. The van der Waals surface area contributed by atoms with Crippen molar-refractivity contribution >= 4 is 33.0 Å². The average molecular weight is 248 g/mol. The maximum Gasteiger partial charge on any atom is 0.253 e. The molecule has 0 unspecified atom stereocenters. The Labute approximate surface area is 82.4 Å². The summed E-state index contributed by atoms with van der Waals surface area (Å²) >= 11 is 0. The number of halogens is 6. The molecule has 78 valence electrons. The van der Waals surface area contributed by atoms with Crippen molar-refractivity contribution in [1.82, 2.24) is 0 Å². The van der Waals surface area contributed by atoms with Crippen LogP contribution in [0.1, 0.15) is 0 Å². The van der Waals surface area contributed by atoms with Gasteiger partial charge in [0.25, 0.3) is 9.05 Å². The second-order valence-electron chi connectivity index (χ2n) is 2.65. The lowest BCUT2D eigenvalue weighted by Crippen LogP contribution is -2.12. The first kappa shape index (κ1) is 11.6. The summed E-state index contributed by atoms with van der Waals surface area (Å²) in [5, 5.41) is 0. The molecule has 0 fully saturated rings. The summed E-state index contributed by atoms with van der Waals surface area (Å²) in [4.78, 5) is -1.85. The summed E-state index contributed by atoms with van der Waals surface area (Å²) in [5.74, 6) is -1.36. The van der Waals surface area contributed by atoms with Crippen LogP contribution in [-0.2, 0) is 0 Å². The minimum atomic E-state index is -8.81. The van der Waals surface area contributed by atoms with Crippen LogP contribution in [0.4, 0.5) is 19.9 Å². The quantitative estimate of drug-likeness (QED) is 0.527. The standard InChI is InChI=1S/C6H3BClF5S/c7-5-2-1-4(3-6(5)9)14(8,10,11,12)13/h1-3H. The van der Waals surface area contributed by atoms with Crippen molar-refractivity contribution in [1.29, 1.82) is 0 Å². The van der Waals surface area contributed by atoms with Crippen molar-refractivity contribution in [2.75, 3.05) is 0 Å². The van der Waals surface area contributed by atoms with Gasteiger partial charge >= 0.3 is 0 Å². The van der Waals surface area contributed by atoms with E-state index in [1.165, 1.54) is 0 Å². The summed E-state index contributed by atoms with van der Waals surface area (Å²) in [5.41, 5.74) is -0.507. The third-order valence-corrected chi connectivity index (χ3v) is 3.10. The van der Waals surface area contributed by atoms with Gasteiger partial charge in [-0.25, -0.2) is 4.39 Å². The highest BCUT2D eigenvalue weighted by Gasteiger charge is 2.63. The van der Waals surface area contributed by atoms with E-state index < -0.39 is 25.2 Å². The van der Waals surface area contributed by atoms with E-state index in [0.717, 1.165) is 0 Å². The van der Waals surface area contributed by atoms with Crippen molar-refractivity contribution in [2.45, 2.75) is 4.90 Å². The highest BCUT2D eigenvalue weighted by molar-refractivity contribution is 8.65. The van der Waals surface area contributed by atoms with Gasteiger partial charge in [0.15, 0.2) is 0 Å². The van der Waals surface area contributed by atoms with E-state index in [-0.39, 0.29) is 6.07 Å². The highest BCUT2D eigenvalue weighted by atomic mass is 35.7. The monoisotopic (exact) mass is 248 g/mol. The van der Waals surface area contributed by atoms with Crippen LogP contribution in [0.3, 0.4) is 0 Å². The molecule has 1 aromatic rings. The molecule has 0 aromatic heterocycles. The molecule has 0 aliphatic rings. The third-order valence-electron chi connectivity index (χ3n) is 1.42. The van der Waals surface area contributed by atoms with Crippen LogP contribution in [0.5, 0.6) is 0 Å². The molecule has 0 atom stereocenters. The van der Waals surface area contributed by atoms with Crippen LogP contribution in [0.2, 0.25) is 0 Å². The molecule has 1 rings (SSSR count). The predicted octanol–water partition coefficient (Wildman–Crippen LogP) is 3.55. The topological polar surface area (TPSA) is 0 Å². The first-order chi connectivity index (χ1) is 5.90. The Morgan fingerprint density at radius 3 is 2.00 bits per heavy atom. The van der Waals surface area contributed by atoms with E-state index in [2.05, 4.69) is 10.7 Å². The van der Waals surface area contributed by atoms with Gasteiger partial charge in [0.2, 0.25) is 0 Å². The zero-order chi connectivity index (χ0) is 11.3. The van der Waals surface area contributed by atoms with Gasteiger partial charge in [0.05, 0.1) is 4.90 Å². The van der Waals surface area contributed by atoms with E-state index in [4.69, 9.17) is 7.85 Å². The van der Waals surface area contributed by atoms with Gasteiger partial charge in [0.1, 0.15) is 13.7 Å². The van der Waals surface area contributed by atoms with Gasteiger partial charge in [0, 0.05) is 10.7 Å². The Hall–Kier alpha value is -0.425. The summed E-state index contributed by atoms with van der Waals surface area (Å²) < 4.78 is 62.6. The zero-order valence-electron chi connectivity index (χ0n) is 6.49. The van der Waals surface area contributed by atoms with Crippen LogP contribution >= 0.6 is 19.7 Å². The molecule has 0 N–H and O–H groups in total. The molecular weight excluding hydrogens is 245 g/mol. The van der Waals surface area contributed by atoms with E-state index in [0.29, 0.717) is 12.1 Å². The molecule has 0 amide bonds. The Morgan fingerprint density at radius 2 is 1.64 bits per heavy atom. The number of benzene rings is 1. The lowest BCUT2D eigenvalue weighted by molar-refractivity contribution is 0.478. The Balaban J connectivity index is 3.45. The Kier molecular flexibility index (Phi) is 1.98. The van der Waals surface area contributed by atoms with Crippen molar-refractivity contribution in [3.05, 3.63) is 24.0 Å². The fourth-order valence-electron chi connectivity index (χ4n) is 0.748. The molecule has 0 nitrogen and oxygen atoms in total. The summed E-state index contributed by atoms with van der Waals surface area (Å²) in [6, 6.07) is 0.836. The molecule has 0 aliphatic heterocycles. The number of hydrogen-bond acceptors (Lipinski definition) is 0. The first-order valence-electron chi connectivity index (χ1n) is 3.19. The Morgan fingerprint density at radius 1 is 1.14 bits per heavy atom. The fourth-order valence-corrected chi connectivity index (χ4v) is 1.69. The van der Waals surface area contributed by atoms with Gasteiger partial charge in [-0.1, -0.05) is 11.5 Å². The van der Waals surface area contributed by atoms with Crippen LogP contribution in [-0.4, -0.2) is 7.85 Å². The molecule has 0 heterocycles. The molecule has 0 bridgehead atoms. The number of hydrogen-bond donors (Lipinski definition) is 0. The van der Waals surface area contributed by atoms with E-state index >= 15 is 0 Å². The first-order valence-corrected chi connectivity index (χ1v) is 6.07. The lowest BCUT2D eigenvalue weighted by atomic mass is 9.96. The van der Waals surface area contributed by atoms with Crippen molar-refractivity contribution in [2.24, 2.45) is 0 Å².